The normalized spacial score (nSPS) is 23.2. The molecule has 2 fully saturated rings. The van der Waals surface area contributed by atoms with E-state index in [1.165, 1.54) is 7.11 Å². The molecule has 2 rings (SSSR count). The third-order valence-electron chi connectivity index (χ3n) is 3.88. The average Bonchev–Trinajstić information content (AvgIpc) is 2.80. The molecule has 1 atom stereocenters. The molecule has 0 unspecified atom stereocenters. The number of carbonyl (C=O) groups is 3. The number of hydrogen-bond donors (Lipinski definition) is 0. The van der Waals surface area contributed by atoms with Crippen LogP contribution in [0.3, 0.4) is 0 Å². The van der Waals surface area contributed by atoms with E-state index in [0.717, 1.165) is 30.6 Å². The van der Waals surface area contributed by atoms with Crippen LogP contribution in [0.25, 0.3) is 0 Å². The highest BCUT2D eigenvalue weighted by Crippen LogP contribution is 2.33. The molecule has 19 heavy (non-hydrogen) atoms. The molecular formula is C13H19NO5. The van der Waals surface area contributed by atoms with Crippen LogP contribution in [0.5, 0.6) is 0 Å². The number of esters is 1. The van der Waals surface area contributed by atoms with E-state index in [4.69, 9.17) is 4.74 Å². The number of nitrogens with zero attached hydrogens (tertiary/aromatic N) is 1. The maximum atomic E-state index is 11.7. The molecule has 1 aliphatic carbocycles. The van der Waals surface area contributed by atoms with E-state index in [-0.39, 0.29) is 30.4 Å². The minimum Gasteiger partial charge on any atom is -0.467 e. The number of carbonyl (C=O) groups excluding carboxylic acids is 3. The summed E-state index contributed by atoms with van der Waals surface area (Å²) in [6.45, 7) is 2.01. The van der Waals surface area contributed by atoms with Gasteiger partial charge in [-0.1, -0.05) is 12.8 Å². The van der Waals surface area contributed by atoms with Crippen LogP contribution in [-0.4, -0.2) is 48.0 Å². The number of β-lactam (4-membered cyclic amide) rings is 2. The first-order valence-electron chi connectivity index (χ1n) is 6.53. The van der Waals surface area contributed by atoms with Crippen molar-refractivity contribution in [2.75, 3.05) is 13.7 Å². The molecule has 0 aromatic rings. The quantitative estimate of drug-likeness (QED) is 0.416. The lowest BCUT2D eigenvalue weighted by molar-refractivity contribution is -0.174. The number of imide groups is 1. The highest BCUT2D eigenvalue weighted by molar-refractivity contribution is 6.16. The largest absolute Gasteiger partial charge is 0.467 e. The van der Waals surface area contributed by atoms with Gasteiger partial charge in [-0.2, -0.15) is 0 Å². The number of likely N-dealkylation sites (tertiary alicyclic amines) is 1. The van der Waals surface area contributed by atoms with Crippen molar-refractivity contribution >= 4 is 17.8 Å². The summed E-state index contributed by atoms with van der Waals surface area (Å²) in [4.78, 5) is 35.5. The van der Waals surface area contributed by atoms with Crippen LogP contribution in [0.1, 0.15) is 39.0 Å². The van der Waals surface area contributed by atoms with Crippen molar-refractivity contribution in [3.05, 3.63) is 0 Å². The first-order valence-corrected chi connectivity index (χ1v) is 6.53. The van der Waals surface area contributed by atoms with Crippen LogP contribution in [0.2, 0.25) is 0 Å². The van der Waals surface area contributed by atoms with Crippen molar-refractivity contribution < 1.29 is 23.9 Å². The average molecular weight is 269 g/mol. The molecule has 0 aromatic carbocycles. The first kappa shape index (κ1) is 14.0. The van der Waals surface area contributed by atoms with E-state index in [0.29, 0.717) is 0 Å². The number of ether oxygens (including phenoxy) is 2. The molecule has 6 heteroatoms. The fraction of sp³-hybridized carbons (Fsp3) is 0.769. The van der Waals surface area contributed by atoms with E-state index in [9.17, 15) is 14.4 Å². The van der Waals surface area contributed by atoms with Crippen LogP contribution in [0.4, 0.5) is 0 Å². The van der Waals surface area contributed by atoms with Gasteiger partial charge >= 0.3 is 5.97 Å². The van der Waals surface area contributed by atoms with E-state index in [2.05, 4.69) is 4.74 Å². The Morgan fingerprint density at radius 3 is 2.37 bits per heavy atom. The Morgan fingerprint density at radius 1 is 1.32 bits per heavy atom. The van der Waals surface area contributed by atoms with Gasteiger partial charge in [0.05, 0.1) is 19.3 Å². The Balaban J connectivity index is 2.00. The lowest BCUT2D eigenvalue weighted by Crippen LogP contribution is -2.59. The molecule has 0 spiro atoms. The summed E-state index contributed by atoms with van der Waals surface area (Å²) in [7, 11) is 1.24. The summed E-state index contributed by atoms with van der Waals surface area (Å²) in [5.74, 6) is -1.30. The van der Waals surface area contributed by atoms with Crippen LogP contribution in [-0.2, 0) is 23.9 Å². The molecule has 2 aliphatic rings. The van der Waals surface area contributed by atoms with Crippen LogP contribution in [0.15, 0.2) is 0 Å². The number of amides is 2. The van der Waals surface area contributed by atoms with Gasteiger partial charge in [0.2, 0.25) is 11.8 Å². The van der Waals surface area contributed by atoms with Crippen LogP contribution < -0.4 is 0 Å². The predicted octanol–water partition coefficient (Wildman–Crippen LogP) is 0.636. The highest BCUT2D eigenvalue weighted by Gasteiger charge is 2.44. The maximum absolute atomic E-state index is 11.7. The maximum Gasteiger partial charge on any atom is 0.331 e. The van der Waals surface area contributed by atoms with Crippen molar-refractivity contribution in [2.24, 2.45) is 0 Å². The van der Waals surface area contributed by atoms with E-state index in [1.807, 2.05) is 6.92 Å². The summed E-state index contributed by atoms with van der Waals surface area (Å²) in [6.07, 6.45) is 3.93. The Labute approximate surface area is 112 Å². The van der Waals surface area contributed by atoms with Gasteiger partial charge in [-0.15, -0.1) is 0 Å². The van der Waals surface area contributed by atoms with Gasteiger partial charge in [0, 0.05) is 0 Å². The zero-order chi connectivity index (χ0) is 14.0. The molecule has 0 aromatic heterocycles. The minimum atomic E-state index is -0.948. The van der Waals surface area contributed by atoms with Crippen molar-refractivity contribution in [2.45, 2.75) is 50.7 Å². The lowest BCUT2D eigenvalue weighted by atomic mass is 10.0. The molecule has 1 saturated carbocycles. The molecule has 1 aliphatic heterocycles. The Hall–Kier alpha value is -1.43. The van der Waals surface area contributed by atoms with E-state index < -0.39 is 12.0 Å². The molecule has 1 saturated heterocycles. The van der Waals surface area contributed by atoms with Gasteiger partial charge in [0.15, 0.2) is 6.04 Å². The smallest absolute Gasteiger partial charge is 0.331 e. The molecule has 2 amide bonds. The van der Waals surface area contributed by atoms with Crippen molar-refractivity contribution in [1.82, 2.24) is 4.90 Å². The molecular weight excluding hydrogens is 250 g/mol. The van der Waals surface area contributed by atoms with Crippen LogP contribution >= 0.6 is 0 Å². The zero-order valence-electron chi connectivity index (χ0n) is 11.3. The van der Waals surface area contributed by atoms with E-state index >= 15 is 0 Å². The highest BCUT2D eigenvalue weighted by atomic mass is 16.5. The molecule has 0 radical (unpaired) electrons. The van der Waals surface area contributed by atoms with Gasteiger partial charge in [-0.25, -0.2) is 4.79 Å². The molecule has 1 heterocycles. The lowest BCUT2D eigenvalue weighted by Gasteiger charge is -2.36. The first-order chi connectivity index (χ1) is 8.97. The number of methoxy groups -OCH3 is 1. The topological polar surface area (TPSA) is 72.9 Å². The van der Waals surface area contributed by atoms with Gasteiger partial charge < -0.3 is 9.47 Å². The van der Waals surface area contributed by atoms with Crippen molar-refractivity contribution in [3.63, 3.8) is 0 Å². The van der Waals surface area contributed by atoms with Crippen molar-refractivity contribution in [1.29, 1.82) is 0 Å². The minimum absolute atomic E-state index is 0.0145. The van der Waals surface area contributed by atoms with Crippen molar-refractivity contribution in [3.8, 4) is 0 Å². The second kappa shape index (κ2) is 5.28. The van der Waals surface area contributed by atoms with Gasteiger partial charge in [-0.3, -0.25) is 14.5 Å². The predicted molar refractivity (Wildman–Crippen MR) is 65.1 cm³/mol. The third kappa shape index (κ3) is 2.78. The molecule has 6 nitrogen and oxygen atoms in total. The molecule has 106 valence electrons. The second-order valence-electron chi connectivity index (χ2n) is 5.34. The Kier molecular flexibility index (Phi) is 3.89. The fourth-order valence-electron chi connectivity index (χ4n) is 2.63. The summed E-state index contributed by atoms with van der Waals surface area (Å²) < 4.78 is 10.4. The summed E-state index contributed by atoms with van der Waals surface area (Å²) in [5.41, 5.74) is -0.261. The number of hydrogen-bond acceptors (Lipinski definition) is 5. The zero-order valence-corrected chi connectivity index (χ0v) is 11.3. The second-order valence-corrected chi connectivity index (χ2v) is 5.34. The monoisotopic (exact) mass is 269 g/mol. The standard InChI is InChI=1S/C13H19NO5/c1-13(5-3-4-6-13)19-8-9(12(17)18-2)14-10(15)7-11(14)16/h9H,3-8H2,1-2H3/t9-/m0/s1. The van der Waals surface area contributed by atoms with Crippen LogP contribution in [0, 0.1) is 0 Å². The third-order valence-corrected chi connectivity index (χ3v) is 3.88. The van der Waals surface area contributed by atoms with Gasteiger partial charge in [-0.05, 0) is 19.8 Å². The number of rotatable bonds is 5. The summed E-state index contributed by atoms with van der Waals surface area (Å²) >= 11 is 0. The summed E-state index contributed by atoms with van der Waals surface area (Å²) in [6, 6.07) is -0.948. The van der Waals surface area contributed by atoms with Gasteiger partial charge in [0.25, 0.3) is 0 Å². The summed E-state index contributed by atoms with van der Waals surface area (Å²) in [5, 5.41) is 0. The Bertz CT molecular complexity index is 386. The van der Waals surface area contributed by atoms with E-state index in [1.54, 1.807) is 0 Å². The fourth-order valence-corrected chi connectivity index (χ4v) is 2.63. The SMILES string of the molecule is COC(=O)[C@H](COC1(C)CCCC1)N1C(=O)CC1=O. The van der Waals surface area contributed by atoms with Gasteiger partial charge in [0.1, 0.15) is 6.42 Å². The molecule has 0 N–H and O–H groups in total. The molecule has 0 bridgehead atoms. The Morgan fingerprint density at radius 2 is 1.89 bits per heavy atom.